The van der Waals surface area contributed by atoms with E-state index in [0.717, 1.165) is 19.4 Å². The van der Waals surface area contributed by atoms with Crippen molar-refractivity contribution in [1.29, 1.82) is 0 Å². The third kappa shape index (κ3) is 5.98. The minimum absolute atomic E-state index is 0.0234. The van der Waals surface area contributed by atoms with Gasteiger partial charge in [-0.25, -0.2) is 0 Å². The van der Waals surface area contributed by atoms with Crippen molar-refractivity contribution in [2.24, 2.45) is 11.8 Å². The zero-order valence-corrected chi connectivity index (χ0v) is 22.4. The zero-order valence-electron chi connectivity index (χ0n) is 22.4. The normalized spacial score (nSPS) is 29.1. The van der Waals surface area contributed by atoms with E-state index in [1.54, 1.807) is 0 Å². The molecule has 1 aromatic carbocycles. The van der Waals surface area contributed by atoms with Crippen LogP contribution in [0, 0.1) is 11.8 Å². The summed E-state index contributed by atoms with van der Waals surface area (Å²) < 4.78 is 5.90. The highest BCUT2D eigenvalue weighted by Crippen LogP contribution is 2.41. The standard InChI is InChI=1S/C28H46N2O3/c1-20(22-14-11-10-12-15-22)29-18-23(24(21(29)2)25(31)33-26(3,4)5)19-32-30-27(6,7)16-13-17-28(30,8)9/h10-12,14-15,20-21,23-24H,13,16-19H2,1-9H3/t20-,21-,23?,24-/m1/s1. The summed E-state index contributed by atoms with van der Waals surface area (Å²) in [5.41, 5.74) is 0.721. The summed E-state index contributed by atoms with van der Waals surface area (Å²) in [6.07, 6.45) is 3.44. The Kier molecular flexibility index (Phi) is 7.67. The molecule has 1 unspecified atom stereocenters. The van der Waals surface area contributed by atoms with Crippen LogP contribution in [0.25, 0.3) is 0 Å². The van der Waals surface area contributed by atoms with Crippen LogP contribution in [0.5, 0.6) is 0 Å². The fourth-order valence-electron chi connectivity index (χ4n) is 6.00. The average Bonchev–Trinajstić information content (AvgIpc) is 3.01. The van der Waals surface area contributed by atoms with Gasteiger partial charge in [0.1, 0.15) is 5.60 Å². The highest BCUT2D eigenvalue weighted by atomic mass is 16.7. The Morgan fingerprint density at radius 2 is 1.67 bits per heavy atom. The van der Waals surface area contributed by atoms with Gasteiger partial charge in [-0.15, -0.1) is 0 Å². The maximum atomic E-state index is 13.4. The number of piperidine rings is 1. The summed E-state index contributed by atoms with van der Waals surface area (Å²) in [7, 11) is 0. The number of carbonyl (C=O) groups excluding carboxylic acids is 1. The van der Waals surface area contributed by atoms with Crippen LogP contribution in [0.1, 0.15) is 93.2 Å². The summed E-state index contributed by atoms with van der Waals surface area (Å²) >= 11 is 0. The molecule has 0 saturated carbocycles. The number of likely N-dealkylation sites (tertiary alicyclic amines) is 1. The van der Waals surface area contributed by atoms with Crippen LogP contribution in [0.15, 0.2) is 30.3 Å². The number of benzene rings is 1. The largest absolute Gasteiger partial charge is 0.460 e. The SMILES string of the molecule is C[C@H](c1ccccc1)N1CC(CON2C(C)(C)CCCC2(C)C)[C@H](C(=O)OC(C)(C)C)[C@H]1C. The predicted molar refractivity (Wildman–Crippen MR) is 134 cm³/mol. The Balaban J connectivity index is 1.82. The highest BCUT2D eigenvalue weighted by Gasteiger charge is 2.49. The molecule has 2 heterocycles. The number of nitrogens with zero attached hydrogens (tertiary/aromatic N) is 2. The van der Waals surface area contributed by atoms with Crippen LogP contribution in [-0.4, -0.2) is 51.8 Å². The van der Waals surface area contributed by atoms with Gasteiger partial charge >= 0.3 is 5.97 Å². The number of esters is 1. The number of ether oxygens (including phenoxy) is 1. The quantitative estimate of drug-likeness (QED) is 0.489. The van der Waals surface area contributed by atoms with Crippen molar-refractivity contribution >= 4 is 5.97 Å². The Labute approximate surface area is 201 Å². The smallest absolute Gasteiger partial charge is 0.311 e. The Hall–Kier alpha value is -1.43. The first-order chi connectivity index (χ1) is 15.2. The van der Waals surface area contributed by atoms with Crippen LogP contribution in [0.3, 0.4) is 0 Å². The first kappa shape index (κ1) is 26.2. The molecule has 2 aliphatic heterocycles. The van der Waals surface area contributed by atoms with Crippen molar-refractivity contribution in [2.45, 2.75) is 110 Å². The second-order valence-electron chi connectivity index (χ2n) is 12.4. The molecule has 3 rings (SSSR count). The first-order valence-corrected chi connectivity index (χ1v) is 12.7. The molecule has 5 nitrogen and oxygen atoms in total. The maximum Gasteiger partial charge on any atom is 0.311 e. The van der Waals surface area contributed by atoms with Crippen molar-refractivity contribution in [3.63, 3.8) is 0 Å². The lowest BCUT2D eigenvalue weighted by atomic mass is 9.82. The van der Waals surface area contributed by atoms with Crippen LogP contribution >= 0.6 is 0 Å². The van der Waals surface area contributed by atoms with Gasteiger partial charge in [-0.2, -0.15) is 5.06 Å². The monoisotopic (exact) mass is 458 g/mol. The number of hydroxylamine groups is 2. The van der Waals surface area contributed by atoms with Gasteiger partial charge in [0.05, 0.1) is 12.5 Å². The average molecular weight is 459 g/mol. The molecular weight excluding hydrogens is 412 g/mol. The topological polar surface area (TPSA) is 42.0 Å². The lowest BCUT2D eigenvalue weighted by Gasteiger charge is -2.51. The summed E-state index contributed by atoms with van der Waals surface area (Å²) in [5.74, 6) is -0.246. The Bertz CT molecular complexity index is 783. The van der Waals surface area contributed by atoms with Crippen molar-refractivity contribution in [3.8, 4) is 0 Å². The maximum absolute atomic E-state index is 13.4. The van der Waals surface area contributed by atoms with E-state index in [2.05, 4.69) is 75.8 Å². The second-order valence-corrected chi connectivity index (χ2v) is 12.4. The van der Waals surface area contributed by atoms with E-state index in [1.165, 1.54) is 12.0 Å². The Morgan fingerprint density at radius 3 is 2.21 bits per heavy atom. The molecule has 0 bridgehead atoms. The van der Waals surface area contributed by atoms with E-state index in [9.17, 15) is 4.79 Å². The minimum Gasteiger partial charge on any atom is -0.460 e. The Morgan fingerprint density at radius 1 is 1.09 bits per heavy atom. The molecule has 4 atom stereocenters. The molecule has 0 radical (unpaired) electrons. The zero-order chi connectivity index (χ0) is 24.6. The van der Waals surface area contributed by atoms with Crippen LogP contribution in [-0.2, 0) is 14.4 Å². The number of rotatable bonds is 6. The van der Waals surface area contributed by atoms with E-state index in [4.69, 9.17) is 9.57 Å². The van der Waals surface area contributed by atoms with Crippen molar-refractivity contribution in [1.82, 2.24) is 9.96 Å². The fraction of sp³-hybridized carbons (Fsp3) is 0.750. The van der Waals surface area contributed by atoms with E-state index in [-0.39, 0.29) is 41.0 Å². The highest BCUT2D eigenvalue weighted by molar-refractivity contribution is 5.74. The van der Waals surface area contributed by atoms with Crippen LogP contribution in [0.2, 0.25) is 0 Å². The summed E-state index contributed by atoms with van der Waals surface area (Å²) in [4.78, 5) is 22.4. The summed E-state index contributed by atoms with van der Waals surface area (Å²) in [6.45, 7) is 20.6. The molecule has 0 amide bonds. The molecule has 2 aliphatic rings. The van der Waals surface area contributed by atoms with Gasteiger partial charge in [0, 0.05) is 35.6 Å². The number of hydrogen-bond acceptors (Lipinski definition) is 5. The van der Waals surface area contributed by atoms with E-state index in [1.807, 2.05) is 26.8 Å². The van der Waals surface area contributed by atoms with Gasteiger partial charge in [0.15, 0.2) is 0 Å². The molecule has 33 heavy (non-hydrogen) atoms. The van der Waals surface area contributed by atoms with Crippen molar-refractivity contribution in [3.05, 3.63) is 35.9 Å². The molecule has 0 spiro atoms. The minimum atomic E-state index is -0.502. The summed E-state index contributed by atoms with van der Waals surface area (Å²) in [6, 6.07) is 10.8. The van der Waals surface area contributed by atoms with E-state index >= 15 is 0 Å². The molecule has 0 aliphatic carbocycles. The van der Waals surface area contributed by atoms with Gasteiger partial charge in [-0.05, 0) is 87.1 Å². The van der Waals surface area contributed by atoms with E-state index in [0.29, 0.717) is 6.61 Å². The summed E-state index contributed by atoms with van der Waals surface area (Å²) in [5, 5.41) is 2.21. The fourth-order valence-corrected chi connectivity index (χ4v) is 6.00. The number of carbonyl (C=O) groups is 1. The lowest BCUT2D eigenvalue weighted by molar-refractivity contribution is -0.287. The van der Waals surface area contributed by atoms with Gasteiger partial charge in [0.2, 0.25) is 0 Å². The molecule has 5 heteroatoms. The third-order valence-electron chi connectivity index (χ3n) is 7.55. The molecular formula is C28H46N2O3. The predicted octanol–water partition coefficient (Wildman–Crippen LogP) is 6.00. The molecule has 2 fully saturated rings. The van der Waals surface area contributed by atoms with Gasteiger partial charge in [-0.1, -0.05) is 30.3 Å². The molecule has 0 aromatic heterocycles. The first-order valence-electron chi connectivity index (χ1n) is 12.7. The molecule has 186 valence electrons. The molecule has 1 aromatic rings. The van der Waals surface area contributed by atoms with Crippen LogP contribution < -0.4 is 0 Å². The molecule has 0 N–H and O–H groups in total. The van der Waals surface area contributed by atoms with Crippen LogP contribution in [0.4, 0.5) is 0 Å². The third-order valence-corrected chi connectivity index (χ3v) is 7.55. The molecule has 2 saturated heterocycles. The van der Waals surface area contributed by atoms with Gasteiger partial charge in [0.25, 0.3) is 0 Å². The van der Waals surface area contributed by atoms with Crippen molar-refractivity contribution in [2.75, 3.05) is 13.2 Å². The second kappa shape index (κ2) is 9.67. The van der Waals surface area contributed by atoms with Gasteiger partial charge in [-0.3, -0.25) is 14.5 Å². The number of hydrogen-bond donors (Lipinski definition) is 0. The van der Waals surface area contributed by atoms with Gasteiger partial charge < -0.3 is 4.74 Å². The van der Waals surface area contributed by atoms with Crippen molar-refractivity contribution < 1.29 is 14.4 Å². The van der Waals surface area contributed by atoms with E-state index < -0.39 is 5.60 Å². The lowest BCUT2D eigenvalue weighted by Crippen LogP contribution is -2.58.